The number of benzene rings is 1. The summed E-state index contributed by atoms with van der Waals surface area (Å²) < 4.78 is 0. The first-order valence-electron chi connectivity index (χ1n) is 3.92. The zero-order chi connectivity index (χ0) is 12.5. The highest BCUT2D eigenvalue weighted by molar-refractivity contribution is 6.59. The smallest absolute Gasteiger partial charge is 0.478 e. The van der Waals surface area contributed by atoms with E-state index in [-0.39, 0.29) is 5.46 Å². The van der Waals surface area contributed by atoms with Crippen molar-refractivity contribution in [3.05, 3.63) is 32.8 Å². The number of hydrogen-bond donors (Lipinski definition) is 3. The predicted molar refractivity (Wildman–Crippen MR) is 54.9 cm³/mol. The molecule has 0 fully saturated rings. The molecule has 0 spiro atoms. The van der Waals surface area contributed by atoms with Crippen molar-refractivity contribution in [2.45, 2.75) is 0 Å². The first kappa shape index (κ1) is 12.4. The Balaban J connectivity index is 3.51. The van der Waals surface area contributed by atoms with Crippen LogP contribution in [0.15, 0.2) is 12.1 Å². The lowest BCUT2D eigenvalue weighted by Crippen LogP contribution is -2.31. The van der Waals surface area contributed by atoms with Crippen LogP contribution in [0.1, 0.15) is 10.4 Å². The molecule has 0 aliphatic carbocycles. The summed E-state index contributed by atoms with van der Waals surface area (Å²) in [4.78, 5) is 20.3. The highest BCUT2D eigenvalue weighted by atomic mass is 35.5. The molecule has 0 saturated carbocycles. The van der Waals surface area contributed by atoms with Crippen LogP contribution in [-0.2, 0) is 0 Å². The van der Waals surface area contributed by atoms with Crippen LogP contribution in [0.25, 0.3) is 0 Å². The minimum absolute atomic E-state index is 0.312. The summed E-state index contributed by atoms with van der Waals surface area (Å²) in [7, 11) is -2.01. The molecule has 0 heterocycles. The lowest BCUT2D eigenvalue weighted by Gasteiger charge is -2.04. The number of hydrogen-bond acceptors (Lipinski definition) is 5. The minimum atomic E-state index is -2.01. The fraction of sp³-hybridized carbons (Fsp3) is 0. The van der Waals surface area contributed by atoms with E-state index in [2.05, 4.69) is 0 Å². The highest BCUT2D eigenvalue weighted by Gasteiger charge is 2.25. The number of nitro groups is 1. The van der Waals surface area contributed by atoms with Crippen molar-refractivity contribution in [3.8, 4) is 0 Å². The molecule has 7 nitrogen and oxygen atoms in total. The van der Waals surface area contributed by atoms with Gasteiger partial charge in [0.1, 0.15) is 5.02 Å². The fourth-order valence-electron chi connectivity index (χ4n) is 1.07. The number of carboxylic acid groups (broad SMARTS) is 1. The Labute approximate surface area is 94.2 Å². The van der Waals surface area contributed by atoms with Gasteiger partial charge in [0.15, 0.2) is 0 Å². The van der Waals surface area contributed by atoms with Crippen molar-refractivity contribution in [3.63, 3.8) is 0 Å². The molecule has 0 saturated heterocycles. The van der Waals surface area contributed by atoms with Gasteiger partial charge in [-0.15, -0.1) is 0 Å². The van der Waals surface area contributed by atoms with Gasteiger partial charge in [0, 0.05) is 6.07 Å². The number of nitro benzene ring substituents is 1. The van der Waals surface area contributed by atoms with Gasteiger partial charge in [0.2, 0.25) is 0 Å². The summed E-state index contributed by atoms with van der Waals surface area (Å²) in [6.45, 7) is 0. The van der Waals surface area contributed by atoms with Crippen molar-refractivity contribution in [2.24, 2.45) is 0 Å². The zero-order valence-corrected chi connectivity index (χ0v) is 8.38. The van der Waals surface area contributed by atoms with E-state index in [0.29, 0.717) is 0 Å². The Morgan fingerprint density at radius 3 is 2.38 bits per heavy atom. The van der Waals surface area contributed by atoms with E-state index in [9.17, 15) is 14.9 Å². The molecule has 3 N–H and O–H groups in total. The zero-order valence-electron chi connectivity index (χ0n) is 7.62. The van der Waals surface area contributed by atoms with Crippen LogP contribution in [0, 0.1) is 10.1 Å². The third-order valence-corrected chi connectivity index (χ3v) is 2.20. The average molecular weight is 245 g/mol. The van der Waals surface area contributed by atoms with Crippen molar-refractivity contribution >= 4 is 35.8 Å². The normalized spacial score (nSPS) is 9.94. The maximum atomic E-state index is 10.7. The van der Waals surface area contributed by atoms with Crippen LogP contribution < -0.4 is 5.46 Å². The van der Waals surface area contributed by atoms with Crippen LogP contribution in [0.4, 0.5) is 5.69 Å². The second kappa shape index (κ2) is 4.48. The Morgan fingerprint density at radius 2 is 2.00 bits per heavy atom. The summed E-state index contributed by atoms with van der Waals surface area (Å²) >= 11 is 5.49. The van der Waals surface area contributed by atoms with Crippen molar-refractivity contribution in [1.82, 2.24) is 0 Å². The molecule has 0 bridgehead atoms. The number of carboxylic acids is 1. The summed E-state index contributed by atoms with van der Waals surface area (Å²) in [6, 6.07) is 1.67. The molecule has 0 aliphatic heterocycles. The number of aromatic carboxylic acids is 1. The van der Waals surface area contributed by atoms with Gasteiger partial charge in [-0.2, -0.15) is 0 Å². The number of halogens is 1. The number of carbonyl (C=O) groups is 1. The molecule has 1 rings (SSSR count). The molecule has 0 atom stereocenters. The Hall–Kier alpha value is -1.64. The summed E-state index contributed by atoms with van der Waals surface area (Å²) in [5.74, 6) is -1.49. The van der Waals surface area contributed by atoms with E-state index >= 15 is 0 Å². The molecule has 16 heavy (non-hydrogen) atoms. The molecule has 0 unspecified atom stereocenters. The van der Waals surface area contributed by atoms with E-state index in [4.69, 9.17) is 26.8 Å². The van der Waals surface area contributed by atoms with E-state index in [1.165, 1.54) is 0 Å². The molecule has 0 aromatic heterocycles. The summed E-state index contributed by atoms with van der Waals surface area (Å²) in [6.07, 6.45) is 0. The largest absolute Gasteiger partial charge is 0.488 e. The van der Waals surface area contributed by atoms with Gasteiger partial charge in [-0.1, -0.05) is 11.6 Å². The Bertz CT molecular complexity index is 427. The predicted octanol–water partition coefficient (Wildman–Crippen LogP) is -0.374. The van der Waals surface area contributed by atoms with Gasteiger partial charge < -0.3 is 15.2 Å². The van der Waals surface area contributed by atoms with Crippen LogP contribution in [0.5, 0.6) is 0 Å². The van der Waals surface area contributed by atoms with Crippen LogP contribution >= 0.6 is 11.6 Å². The third kappa shape index (κ3) is 2.30. The molecule has 84 valence electrons. The van der Waals surface area contributed by atoms with Gasteiger partial charge in [0.25, 0.3) is 5.69 Å². The molecule has 9 heteroatoms. The molecule has 0 amide bonds. The van der Waals surface area contributed by atoms with E-state index in [0.717, 1.165) is 12.1 Å². The fourth-order valence-corrected chi connectivity index (χ4v) is 1.33. The first-order valence-corrected chi connectivity index (χ1v) is 4.29. The molecular weight excluding hydrogens is 240 g/mol. The molecule has 1 aromatic carbocycles. The van der Waals surface area contributed by atoms with Gasteiger partial charge in [0.05, 0.1) is 10.5 Å². The number of nitrogens with zero attached hydrogens (tertiary/aromatic N) is 1. The van der Waals surface area contributed by atoms with Gasteiger partial charge >= 0.3 is 13.1 Å². The molecule has 0 aliphatic rings. The maximum Gasteiger partial charge on any atom is 0.488 e. The second-order valence-corrected chi connectivity index (χ2v) is 3.22. The Kier molecular flexibility index (Phi) is 3.48. The quantitative estimate of drug-likeness (QED) is 0.379. The van der Waals surface area contributed by atoms with Crippen LogP contribution in [-0.4, -0.2) is 33.2 Å². The minimum Gasteiger partial charge on any atom is -0.478 e. The van der Waals surface area contributed by atoms with Gasteiger partial charge in [-0.25, -0.2) is 4.79 Å². The van der Waals surface area contributed by atoms with Crippen molar-refractivity contribution in [1.29, 1.82) is 0 Å². The average Bonchev–Trinajstić information content (AvgIpc) is 2.16. The van der Waals surface area contributed by atoms with Crippen molar-refractivity contribution in [2.75, 3.05) is 0 Å². The lowest BCUT2D eigenvalue weighted by molar-refractivity contribution is -0.384. The molecule has 1 aromatic rings. The standard InChI is InChI=1S/C7H5BClNO6/c9-6-4(7(11)12)1-3(8(13)14)2-5(6)10(15)16/h1-2,13-14H,(H,11,12). The van der Waals surface area contributed by atoms with E-state index < -0.39 is 34.3 Å². The lowest BCUT2D eigenvalue weighted by atomic mass is 9.79. The monoisotopic (exact) mass is 245 g/mol. The van der Waals surface area contributed by atoms with E-state index in [1.807, 2.05) is 0 Å². The van der Waals surface area contributed by atoms with Gasteiger partial charge in [-0.05, 0) is 11.5 Å². The van der Waals surface area contributed by atoms with Crippen LogP contribution in [0.2, 0.25) is 5.02 Å². The van der Waals surface area contributed by atoms with E-state index in [1.54, 1.807) is 0 Å². The SMILES string of the molecule is O=C(O)c1cc(B(O)O)cc([N+](=O)[O-])c1Cl. The Morgan fingerprint density at radius 1 is 1.44 bits per heavy atom. The summed E-state index contributed by atoms with van der Waals surface area (Å²) in [5.41, 5.74) is -1.56. The first-order chi connectivity index (χ1) is 7.34. The molecule has 0 radical (unpaired) electrons. The second-order valence-electron chi connectivity index (χ2n) is 2.84. The topological polar surface area (TPSA) is 121 Å². The van der Waals surface area contributed by atoms with Gasteiger partial charge in [-0.3, -0.25) is 10.1 Å². The molecular formula is C7H5BClNO6. The number of rotatable bonds is 3. The van der Waals surface area contributed by atoms with Crippen molar-refractivity contribution < 1.29 is 24.9 Å². The third-order valence-electron chi connectivity index (χ3n) is 1.80. The summed E-state index contributed by atoms with van der Waals surface area (Å²) in [5, 5.41) is 36.3. The highest BCUT2D eigenvalue weighted by Crippen LogP contribution is 2.26. The maximum absolute atomic E-state index is 10.7. The van der Waals surface area contributed by atoms with Crippen LogP contribution in [0.3, 0.4) is 0 Å².